The second-order valence-electron chi connectivity index (χ2n) is 11.9. The molecule has 0 heterocycles. The Hall–Kier alpha value is -0.343. The van der Waals surface area contributed by atoms with Crippen LogP contribution in [-0.2, 0) is 14.4 Å². The van der Waals surface area contributed by atoms with Crippen LogP contribution in [0.4, 0.5) is 0 Å². The molecule has 37 heavy (non-hydrogen) atoms. The van der Waals surface area contributed by atoms with Crippen LogP contribution in [0.5, 0.6) is 0 Å². The van der Waals surface area contributed by atoms with Crippen molar-refractivity contribution in [3.63, 3.8) is 0 Å². The molecule has 0 N–H and O–H groups in total. The number of carbonyl (C=O) groups excluding carboxylic acids is 3. The van der Waals surface area contributed by atoms with Gasteiger partial charge in [-0.2, -0.15) is 0 Å². The van der Waals surface area contributed by atoms with Crippen LogP contribution in [0.3, 0.4) is 0 Å². The maximum absolute atomic E-state index is 10.6. The molecule has 0 spiro atoms. The van der Waals surface area contributed by atoms with E-state index in [1.165, 1.54) is 38.5 Å². The van der Waals surface area contributed by atoms with Crippen LogP contribution in [0.2, 0.25) is 0 Å². The minimum absolute atomic E-state index is 0. The Bertz CT molecular complexity index is 504. The van der Waals surface area contributed by atoms with E-state index in [9.17, 15) is 29.7 Å². The summed E-state index contributed by atoms with van der Waals surface area (Å²) in [6.45, 7) is 16.8. The molecular formula is C30H57ErO6. The van der Waals surface area contributed by atoms with Gasteiger partial charge in [0.05, 0.1) is 0 Å². The van der Waals surface area contributed by atoms with Crippen molar-refractivity contribution >= 4 is 17.9 Å². The number of carbonyl (C=O) groups is 3. The van der Waals surface area contributed by atoms with Gasteiger partial charge in [-0.15, -0.1) is 0 Å². The Morgan fingerprint density at radius 2 is 0.622 bits per heavy atom. The zero-order chi connectivity index (χ0) is 28.8. The first kappa shape index (κ1) is 43.7. The Kier molecular flexibility index (Phi) is 29.1. The van der Waals surface area contributed by atoms with Crippen molar-refractivity contribution in [3.05, 3.63) is 0 Å². The molecule has 0 fully saturated rings. The Balaban J connectivity index is -0.000000218. The molecule has 0 aromatic carbocycles. The summed E-state index contributed by atoms with van der Waals surface area (Å²) in [5, 5.41) is 31.7. The van der Waals surface area contributed by atoms with Gasteiger partial charge in [0.15, 0.2) is 0 Å². The van der Waals surface area contributed by atoms with E-state index in [0.29, 0.717) is 0 Å². The van der Waals surface area contributed by atoms with Crippen molar-refractivity contribution in [3.8, 4) is 0 Å². The van der Waals surface area contributed by atoms with Gasteiger partial charge in [-0.1, -0.05) is 139 Å². The van der Waals surface area contributed by atoms with E-state index in [1.54, 1.807) is 41.5 Å². The Labute approximate surface area is 258 Å². The molecule has 0 amide bonds. The summed E-state index contributed by atoms with van der Waals surface area (Å²) in [5.74, 6) is -2.79. The van der Waals surface area contributed by atoms with Gasteiger partial charge in [0.1, 0.15) is 0 Å². The monoisotopic (exact) mass is 679 g/mol. The Morgan fingerprint density at radius 1 is 0.432 bits per heavy atom. The van der Waals surface area contributed by atoms with Crippen LogP contribution in [0.1, 0.15) is 159 Å². The third-order valence-corrected chi connectivity index (χ3v) is 6.62. The topological polar surface area (TPSA) is 120 Å². The fourth-order valence-corrected chi connectivity index (χ4v) is 3.29. The zero-order valence-corrected chi connectivity index (χ0v) is 27.2. The third kappa shape index (κ3) is 27.0. The third-order valence-electron chi connectivity index (χ3n) is 6.62. The molecule has 225 valence electrons. The molecule has 1 radical (unpaired) electrons. The van der Waals surface area contributed by atoms with Crippen molar-refractivity contribution in [2.75, 3.05) is 0 Å². The smallest absolute Gasteiger partial charge is 0.550 e. The summed E-state index contributed by atoms with van der Waals surface area (Å²) in [5.41, 5.74) is -1.94. The maximum atomic E-state index is 10.6. The molecule has 6 nitrogen and oxygen atoms in total. The summed E-state index contributed by atoms with van der Waals surface area (Å²) >= 11 is 0. The fourth-order valence-electron chi connectivity index (χ4n) is 3.29. The normalized spacial score (nSPS) is 11.3. The molecule has 0 rings (SSSR count). The van der Waals surface area contributed by atoms with Crippen LogP contribution in [0.25, 0.3) is 0 Å². The molecule has 0 saturated carbocycles. The SMILES string of the molecule is CCCCCCC(C)(C)C(=O)[O-].CCCCCCC(C)(C)C(=O)[O-].CCCCCCC(C)(C)C(=O)[O-].[Er+3]. The molecule has 0 aliphatic carbocycles. The van der Waals surface area contributed by atoms with Gasteiger partial charge in [-0.3, -0.25) is 0 Å². The maximum Gasteiger partial charge on any atom is 3.00 e. The van der Waals surface area contributed by atoms with Crippen molar-refractivity contribution in [2.24, 2.45) is 16.2 Å². The zero-order valence-electron chi connectivity index (χ0n) is 25.3. The van der Waals surface area contributed by atoms with Crippen LogP contribution in [0, 0.1) is 53.6 Å². The Morgan fingerprint density at radius 3 is 0.757 bits per heavy atom. The van der Waals surface area contributed by atoms with Crippen LogP contribution < -0.4 is 15.3 Å². The fraction of sp³-hybridized carbons (Fsp3) is 0.900. The first-order chi connectivity index (χ1) is 16.5. The molecule has 0 atom stereocenters. The van der Waals surface area contributed by atoms with Crippen molar-refractivity contribution < 1.29 is 67.0 Å². The second-order valence-corrected chi connectivity index (χ2v) is 11.9. The number of carboxylic acids is 3. The molecule has 0 aliphatic rings. The summed E-state index contributed by atoms with van der Waals surface area (Å²) in [6.07, 6.45) is 15.7. The number of rotatable bonds is 18. The minimum atomic E-state index is -0.931. The predicted molar refractivity (Wildman–Crippen MR) is 143 cm³/mol. The van der Waals surface area contributed by atoms with E-state index < -0.39 is 34.2 Å². The number of hydrogen-bond donors (Lipinski definition) is 0. The van der Waals surface area contributed by atoms with Gasteiger partial charge in [0.2, 0.25) is 0 Å². The molecule has 0 unspecified atom stereocenters. The first-order valence-corrected chi connectivity index (χ1v) is 14.2. The van der Waals surface area contributed by atoms with Crippen LogP contribution >= 0.6 is 0 Å². The molecule has 0 aromatic rings. The summed E-state index contributed by atoms with van der Waals surface area (Å²) in [7, 11) is 0. The van der Waals surface area contributed by atoms with Crippen LogP contribution in [-0.4, -0.2) is 17.9 Å². The average Bonchev–Trinajstić information content (AvgIpc) is 2.78. The van der Waals surface area contributed by atoms with Gasteiger partial charge in [-0.05, 0) is 19.3 Å². The number of hydrogen-bond acceptors (Lipinski definition) is 6. The summed E-state index contributed by atoms with van der Waals surface area (Å²) < 4.78 is 0. The van der Waals surface area contributed by atoms with Gasteiger partial charge in [-0.25, -0.2) is 0 Å². The van der Waals surface area contributed by atoms with Crippen molar-refractivity contribution in [1.29, 1.82) is 0 Å². The van der Waals surface area contributed by atoms with Crippen LogP contribution in [0.15, 0.2) is 0 Å². The van der Waals surface area contributed by atoms with Gasteiger partial charge >= 0.3 is 37.3 Å². The van der Waals surface area contributed by atoms with E-state index in [-0.39, 0.29) is 37.3 Å². The molecule has 0 bridgehead atoms. The number of unbranched alkanes of at least 4 members (excludes halogenated alkanes) is 9. The van der Waals surface area contributed by atoms with E-state index in [1.807, 2.05) is 0 Å². The molecular weight excluding hydrogens is 624 g/mol. The van der Waals surface area contributed by atoms with E-state index in [0.717, 1.165) is 57.8 Å². The van der Waals surface area contributed by atoms with Gasteiger partial charge in [0.25, 0.3) is 0 Å². The van der Waals surface area contributed by atoms with Crippen molar-refractivity contribution in [2.45, 2.75) is 159 Å². The van der Waals surface area contributed by atoms with E-state index >= 15 is 0 Å². The quantitative estimate of drug-likeness (QED) is 0.184. The second kappa shape index (κ2) is 24.7. The summed E-state index contributed by atoms with van der Waals surface area (Å²) in [6, 6.07) is 0. The average molecular weight is 681 g/mol. The van der Waals surface area contributed by atoms with Gasteiger partial charge in [0, 0.05) is 34.2 Å². The largest absolute Gasteiger partial charge is 3.00 e. The summed E-state index contributed by atoms with van der Waals surface area (Å²) in [4.78, 5) is 31.7. The predicted octanol–water partition coefficient (Wildman–Crippen LogP) is 5.20. The molecule has 0 aromatic heterocycles. The minimum Gasteiger partial charge on any atom is -0.550 e. The van der Waals surface area contributed by atoms with Gasteiger partial charge < -0.3 is 29.7 Å². The van der Waals surface area contributed by atoms with E-state index in [2.05, 4.69) is 20.8 Å². The molecule has 0 saturated heterocycles. The standard InChI is InChI=1S/3C10H20O2.Er/c3*1-4-5-6-7-8-10(2,3)9(11)12;/h3*4-8H2,1-3H3,(H,11,12);/q;;;+3/p-3. The molecule has 7 heteroatoms. The van der Waals surface area contributed by atoms with E-state index in [4.69, 9.17) is 0 Å². The van der Waals surface area contributed by atoms with Crippen molar-refractivity contribution in [1.82, 2.24) is 0 Å². The number of aliphatic carboxylic acids is 3. The number of carboxylic acid groups (broad SMARTS) is 3. The molecule has 0 aliphatic heterocycles. The first-order valence-electron chi connectivity index (χ1n) is 14.2.